The molecule has 1 saturated carbocycles. The Morgan fingerprint density at radius 1 is 1.39 bits per heavy atom. The number of aromatic nitrogens is 1. The Kier molecular flexibility index (Phi) is 5.67. The van der Waals surface area contributed by atoms with Crippen molar-refractivity contribution in [3.05, 3.63) is 17.0 Å². The van der Waals surface area contributed by atoms with Crippen molar-refractivity contribution in [1.29, 1.82) is 0 Å². The highest BCUT2D eigenvalue weighted by molar-refractivity contribution is 5.79. The van der Waals surface area contributed by atoms with Crippen molar-refractivity contribution in [1.82, 2.24) is 10.5 Å². The van der Waals surface area contributed by atoms with Crippen LogP contribution in [-0.4, -0.2) is 36.0 Å². The van der Waals surface area contributed by atoms with Crippen LogP contribution in [0, 0.1) is 13.8 Å². The summed E-state index contributed by atoms with van der Waals surface area (Å²) < 4.78 is 46.5. The lowest BCUT2D eigenvalue weighted by atomic mass is 9.92. The highest BCUT2D eigenvalue weighted by Crippen LogP contribution is 2.24. The van der Waals surface area contributed by atoms with Crippen LogP contribution in [0.4, 0.5) is 13.2 Å². The van der Waals surface area contributed by atoms with Gasteiger partial charge in [0.15, 0.2) is 0 Å². The van der Waals surface area contributed by atoms with E-state index in [-0.39, 0.29) is 18.4 Å². The van der Waals surface area contributed by atoms with Gasteiger partial charge in [-0.25, -0.2) is 0 Å². The monoisotopic (exact) mass is 334 g/mol. The van der Waals surface area contributed by atoms with E-state index in [4.69, 9.17) is 9.26 Å². The Balaban J connectivity index is 1.81. The zero-order valence-corrected chi connectivity index (χ0v) is 13.2. The molecular weight excluding hydrogens is 313 g/mol. The molecule has 2 atom stereocenters. The number of carbonyl (C=O) groups excluding carboxylic acids is 1. The number of hydrogen-bond acceptors (Lipinski definition) is 4. The van der Waals surface area contributed by atoms with Gasteiger partial charge in [0.05, 0.1) is 18.2 Å². The lowest BCUT2D eigenvalue weighted by Crippen LogP contribution is -2.41. The fourth-order valence-electron chi connectivity index (χ4n) is 2.83. The summed E-state index contributed by atoms with van der Waals surface area (Å²) in [4.78, 5) is 12.1. The van der Waals surface area contributed by atoms with E-state index in [1.165, 1.54) is 0 Å². The zero-order valence-electron chi connectivity index (χ0n) is 13.2. The van der Waals surface area contributed by atoms with Gasteiger partial charge in [0.25, 0.3) is 0 Å². The number of carbonyl (C=O) groups is 1. The minimum Gasteiger partial charge on any atom is -0.369 e. The predicted molar refractivity (Wildman–Crippen MR) is 75.9 cm³/mol. The molecule has 1 aromatic rings. The van der Waals surface area contributed by atoms with E-state index in [2.05, 4.69) is 10.5 Å². The van der Waals surface area contributed by atoms with Crippen LogP contribution in [-0.2, 0) is 16.0 Å². The lowest BCUT2D eigenvalue weighted by molar-refractivity contribution is -0.188. The minimum absolute atomic E-state index is 0.157. The summed E-state index contributed by atoms with van der Waals surface area (Å²) in [5, 5.41) is 6.66. The number of aryl methyl sites for hydroxylation is 2. The molecule has 8 heteroatoms. The number of halogens is 3. The summed E-state index contributed by atoms with van der Waals surface area (Å²) in [5.41, 5.74) is 1.43. The quantitative estimate of drug-likeness (QED) is 0.899. The SMILES string of the molecule is Cc1noc(C)c1CC(=O)N[C@H]1CCC[C@H](OCC(F)(F)F)C1. The number of hydrogen-bond donors (Lipinski definition) is 1. The number of alkyl halides is 3. The summed E-state index contributed by atoms with van der Waals surface area (Å²) in [5.74, 6) is 0.425. The zero-order chi connectivity index (χ0) is 17.0. The number of amides is 1. The molecule has 1 aromatic heterocycles. The maximum Gasteiger partial charge on any atom is 0.411 e. The standard InChI is InChI=1S/C15H21F3N2O3/c1-9-13(10(2)23-20-9)7-14(21)19-11-4-3-5-12(6-11)22-8-15(16,17)18/h11-12H,3-8H2,1-2H3,(H,19,21)/t11-,12-/m0/s1. The molecule has 0 radical (unpaired) electrons. The Bertz CT molecular complexity index is 523. The molecule has 0 saturated heterocycles. The smallest absolute Gasteiger partial charge is 0.369 e. The van der Waals surface area contributed by atoms with Gasteiger partial charge >= 0.3 is 6.18 Å². The molecule has 0 aliphatic heterocycles. The molecule has 1 N–H and O–H groups in total. The number of nitrogens with zero attached hydrogens (tertiary/aromatic N) is 1. The third-order valence-corrected chi connectivity index (χ3v) is 3.99. The summed E-state index contributed by atoms with van der Waals surface area (Å²) in [7, 11) is 0. The molecule has 1 aliphatic rings. The van der Waals surface area contributed by atoms with Gasteiger partial charge in [0, 0.05) is 11.6 Å². The van der Waals surface area contributed by atoms with Crippen molar-refractivity contribution in [2.45, 2.75) is 64.3 Å². The maximum absolute atomic E-state index is 12.2. The van der Waals surface area contributed by atoms with Gasteiger partial charge in [-0.15, -0.1) is 0 Å². The van der Waals surface area contributed by atoms with Crippen molar-refractivity contribution in [2.75, 3.05) is 6.61 Å². The molecule has 23 heavy (non-hydrogen) atoms. The first-order valence-corrected chi connectivity index (χ1v) is 7.64. The minimum atomic E-state index is -4.32. The fourth-order valence-corrected chi connectivity index (χ4v) is 2.83. The van der Waals surface area contributed by atoms with Crippen LogP contribution in [0.5, 0.6) is 0 Å². The highest BCUT2D eigenvalue weighted by atomic mass is 19.4. The molecule has 0 aromatic carbocycles. The van der Waals surface area contributed by atoms with Crippen molar-refractivity contribution < 1.29 is 27.2 Å². The number of ether oxygens (including phenoxy) is 1. The molecule has 130 valence electrons. The van der Waals surface area contributed by atoms with Crippen molar-refractivity contribution in [2.24, 2.45) is 0 Å². The summed E-state index contributed by atoms with van der Waals surface area (Å²) in [6.45, 7) is 2.27. The second kappa shape index (κ2) is 7.33. The highest BCUT2D eigenvalue weighted by Gasteiger charge is 2.31. The average molecular weight is 334 g/mol. The molecule has 1 heterocycles. The van der Waals surface area contributed by atoms with Gasteiger partial charge < -0.3 is 14.6 Å². The van der Waals surface area contributed by atoms with E-state index in [0.717, 1.165) is 18.4 Å². The molecule has 1 fully saturated rings. The van der Waals surface area contributed by atoms with Crippen LogP contribution in [0.3, 0.4) is 0 Å². The van der Waals surface area contributed by atoms with Crippen LogP contribution in [0.25, 0.3) is 0 Å². The van der Waals surface area contributed by atoms with E-state index < -0.39 is 18.9 Å². The largest absolute Gasteiger partial charge is 0.411 e. The van der Waals surface area contributed by atoms with Crippen molar-refractivity contribution in [3.63, 3.8) is 0 Å². The van der Waals surface area contributed by atoms with Gasteiger partial charge in [0.1, 0.15) is 12.4 Å². The molecule has 0 unspecified atom stereocenters. The lowest BCUT2D eigenvalue weighted by Gasteiger charge is -2.30. The van der Waals surface area contributed by atoms with Crippen LogP contribution in [0.15, 0.2) is 4.52 Å². The Labute approximate surface area is 132 Å². The molecular formula is C15H21F3N2O3. The summed E-state index contributed by atoms with van der Waals surface area (Å²) >= 11 is 0. The van der Waals surface area contributed by atoms with Crippen LogP contribution in [0.2, 0.25) is 0 Å². The Hall–Kier alpha value is -1.57. The molecule has 1 aliphatic carbocycles. The average Bonchev–Trinajstić information content (AvgIpc) is 2.77. The van der Waals surface area contributed by atoms with Gasteiger partial charge in [-0.05, 0) is 39.5 Å². The second-order valence-electron chi connectivity index (χ2n) is 5.96. The van der Waals surface area contributed by atoms with Crippen LogP contribution >= 0.6 is 0 Å². The normalized spacial score (nSPS) is 22.1. The van der Waals surface area contributed by atoms with Crippen LogP contribution in [0.1, 0.15) is 42.7 Å². The van der Waals surface area contributed by atoms with Gasteiger partial charge in [-0.1, -0.05) is 5.16 Å². The summed E-state index contributed by atoms with van der Waals surface area (Å²) in [6, 6.07) is -0.157. The van der Waals surface area contributed by atoms with Gasteiger partial charge in [-0.2, -0.15) is 13.2 Å². The third-order valence-electron chi connectivity index (χ3n) is 3.99. The molecule has 1 amide bonds. The van der Waals surface area contributed by atoms with Crippen LogP contribution < -0.4 is 5.32 Å². The first kappa shape index (κ1) is 17.8. The molecule has 5 nitrogen and oxygen atoms in total. The van der Waals surface area contributed by atoms with Gasteiger partial charge in [-0.3, -0.25) is 4.79 Å². The molecule has 2 rings (SSSR count). The van der Waals surface area contributed by atoms with Crippen molar-refractivity contribution >= 4 is 5.91 Å². The Morgan fingerprint density at radius 3 is 2.74 bits per heavy atom. The molecule has 0 bridgehead atoms. The maximum atomic E-state index is 12.2. The first-order chi connectivity index (χ1) is 10.7. The van der Waals surface area contributed by atoms with Crippen molar-refractivity contribution in [3.8, 4) is 0 Å². The Morgan fingerprint density at radius 2 is 2.13 bits per heavy atom. The van der Waals surface area contributed by atoms with E-state index in [1.54, 1.807) is 13.8 Å². The summed E-state index contributed by atoms with van der Waals surface area (Å²) in [6.07, 6.45) is -2.14. The van der Waals surface area contributed by atoms with E-state index in [1.807, 2.05) is 0 Å². The number of nitrogens with one attached hydrogen (secondary N) is 1. The first-order valence-electron chi connectivity index (χ1n) is 7.64. The fraction of sp³-hybridized carbons (Fsp3) is 0.733. The van der Waals surface area contributed by atoms with E-state index >= 15 is 0 Å². The van der Waals surface area contributed by atoms with E-state index in [9.17, 15) is 18.0 Å². The molecule has 0 spiro atoms. The van der Waals surface area contributed by atoms with Gasteiger partial charge in [0.2, 0.25) is 5.91 Å². The third kappa shape index (κ3) is 5.53. The van der Waals surface area contributed by atoms with E-state index in [0.29, 0.717) is 24.3 Å². The predicted octanol–water partition coefficient (Wildman–Crippen LogP) is 2.84. The topological polar surface area (TPSA) is 64.4 Å². The second-order valence-corrected chi connectivity index (χ2v) is 5.96. The number of rotatable bonds is 5.